The summed E-state index contributed by atoms with van der Waals surface area (Å²) in [6, 6.07) is 8.58. The quantitative estimate of drug-likeness (QED) is 0.552. The number of nitrogens with zero attached hydrogens (tertiary/aromatic N) is 1. The second kappa shape index (κ2) is 6.96. The Morgan fingerprint density at radius 2 is 1.68 bits per heavy atom. The normalized spacial score (nSPS) is 11.9. The van der Waals surface area contributed by atoms with Gasteiger partial charge in [0.15, 0.2) is 0 Å². The highest BCUT2D eigenvalue weighted by atomic mass is 35.5. The highest BCUT2D eigenvalue weighted by Crippen LogP contribution is 2.28. The van der Waals surface area contributed by atoms with Crippen molar-refractivity contribution in [2.75, 3.05) is 4.72 Å². The number of hydrogen-bond donors (Lipinski definition) is 2. The molecule has 3 N–H and O–H groups in total. The van der Waals surface area contributed by atoms with Crippen LogP contribution in [0.2, 0.25) is 5.02 Å². The summed E-state index contributed by atoms with van der Waals surface area (Å²) in [6.07, 6.45) is 0. The van der Waals surface area contributed by atoms with Gasteiger partial charge in [0, 0.05) is 11.8 Å². The molecule has 0 heterocycles. The zero-order valence-electron chi connectivity index (χ0n) is 12.4. The van der Waals surface area contributed by atoms with Crippen molar-refractivity contribution in [1.29, 1.82) is 0 Å². The highest BCUT2D eigenvalue weighted by molar-refractivity contribution is 7.92. The molecule has 0 amide bonds. The van der Waals surface area contributed by atoms with E-state index in [1.54, 1.807) is 0 Å². The Kier molecular flexibility index (Phi) is 5.32. The molecular formula is C13H12ClN3O6S2. The molecule has 0 aliphatic heterocycles. The van der Waals surface area contributed by atoms with E-state index < -0.39 is 30.7 Å². The summed E-state index contributed by atoms with van der Waals surface area (Å²) in [5.74, 6) is -0.386. The van der Waals surface area contributed by atoms with E-state index >= 15 is 0 Å². The van der Waals surface area contributed by atoms with Crippen LogP contribution in [0.3, 0.4) is 0 Å². The highest BCUT2D eigenvalue weighted by Gasteiger charge is 2.20. The molecule has 2 rings (SSSR count). The molecule has 0 unspecified atom stereocenters. The molecule has 0 saturated heterocycles. The number of nitro groups is 1. The minimum Gasteiger partial charge on any atom is -0.280 e. The van der Waals surface area contributed by atoms with Crippen LogP contribution in [0.15, 0.2) is 47.4 Å². The van der Waals surface area contributed by atoms with Crippen molar-refractivity contribution in [1.82, 2.24) is 0 Å². The van der Waals surface area contributed by atoms with Crippen LogP contribution < -0.4 is 9.86 Å². The zero-order valence-corrected chi connectivity index (χ0v) is 14.8. The maximum absolute atomic E-state index is 12.3. The summed E-state index contributed by atoms with van der Waals surface area (Å²) >= 11 is 5.66. The molecule has 0 saturated carbocycles. The third kappa shape index (κ3) is 5.13. The van der Waals surface area contributed by atoms with E-state index in [0.717, 1.165) is 18.2 Å². The fourth-order valence-corrected chi connectivity index (χ4v) is 3.84. The summed E-state index contributed by atoms with van der Waals surface area (Å²) < 4.78 is 48.9. The van der Waals surface area contributed by atoms with Gasteiger partial charge in [0.05, 0.1) is 15.6 Å². The lowest BCUT2D eigenvalue weighted by atomic mass is 10.2. The zero-order chi connectivity index (χ0) is 18.8. The molecule has 0 aliphatic carbocycles. The van der Waals surface area contributed by atoms with Crippen LogP contribution in [0.5, 0.6) is 0 Å². The van der Waals surface area contributed by atoms with E-state index in [4.69, 9.17) is 16.7 Å². The predicted octanol–water partition coefficient (Wildman–Crippen LogP) is 1.84. The largest absolute Gasteiger partial charge is 0.289 e. The second-order valence-electron chi connectivity index (χ2n) is 4.98. The molecule has 9 nitrogen and oxygen atoms in total. The van der Waals surface area contributed by atoms with Gasteiger partial charge in [-0.15, -0.1) is 0 Å². The van der Waals surface area contributed by atoms with Crippen molar-refractivity contribution in [3.8, 4) is 0 Å². The first-order valence-corrected chi connectivity index (χ1v) is 10.1. The number of nitrogens with two attached hydrogens (primary N) is 1. The maximum atomic E-state index is 12.3. The smallest absolute Gasteiger partial charge is 0.280 e. The second-order valence-corrected chi connectivity index (χ2v) is 8.68. The van der Waals surface area contributed by atoms with E-state index in [-0.39, 0.29) is 21.4 Å². The molecule has 25 heavy (non-hydrogen) atoms. The van der Waals surface area contributed by atoms with Gasteiger partial charge in [-0.2, -0.15) is 0 Å². The van der Waals surface area contributed by atoms with Gasteiger partial charge < -0.3 is 0 Å². The lowest BCUT2D eigenvalue weighted by Gasteiger charge is -2.09. The van der Waals surface area contributed by atoms with Crippen LogP contribution >= 0.6 is 11.6 Å². The summed E-state index contributed by atoms with van der Waals surface area (Å²) in [7, 11) is -7.79. The summed E-state index contributed by atoms with van der Waals surface area (Å²) in [5, 5.41) is 15.6. The van der Waals surface area contributed by atoms with Gasteiger partial charge in [-0.1, -0.05) is 23.7 Å². The number of hydrogen-bond acceptors (Lipinski definition) is 6. The molecule has 0 fully saturated rings. The van der Waals surface area contributed by atoms with Crippen LogP contribution in [0, 0.1) is 10.1 Å². The Labute approximate surface area is 148 Å². The van der Waals surface area contributed by atoms with E-state index in [9.17, 15) is 26.9 Å². The van der Waals surface area contributed by atoms with E-state index in [0.29, 0.717) is 5.56 Å². The molecule has 0 radical (unpaired) electrons. The van der Waals surface area contributed by atoms with Crippen molar-refractivity contribution in [2.45, 2.75) is 10.6 Å². The molecular weight excluding hydrogens is 394 g/mol. The van der Waals surface area contributed by atoms with Crippen molar-refractivity contribution >= 4 is 43.0 Å². The first-order chi connectivity index (χ1) is 11.5. The first-order valence-electron chi connectivity index (χ1n) is 6.54. The Balaban J connectivity index is 2.27. The summed E-state index contributed by atoms with van der Waals surface area (Å²) in [5.41, 5.74) is -0.00334. The number of halogens is 1. The van der Waals surface area contributed by atoms with Gasteiger partial charge in [0.25, 0.3) is 15.7 Å². The maximum Gasteiger partial charge on any atom is 0.289 e. The van der Waals surface area contributed by atoms with Gasteiger partial charge in [-0.25, -0.2) is 22.0 Å². The summed E-state index contributed by atoms with van der Waals surface area (Å²) in [4.78, 5) is 9.73. The first kappa shape index (κ1) is 19.1. The number of rotatable bonds is 6. The van der Waals surface area contributed by atoms with Gasteiger partial charge in [-0.05, 0) is 29.8 Å². The molecule has 2 aromatic rings. The topological polar surface area (TPSA) is 149 Å². The Morgan fingerprint density at radius 3 is 2.20 bits per heavy atom. The Hall–Kier alpha value is -2.21. The minimum atomic E-state index is -4.09. The monoisotopic (exact) mass is 405 g/mol. The molecule has 0 spiro atoms. The number of sulfonamides is 2. The Bertz CT molecular complexity index is 1020. The van der Waals surface area contributed by atoms with Gasteiger partial charge >= 0.3 is 0 Å². The number of nitro benzene ring substituents is 1. The average Bonchev–Trinajstić information content (AvgIpc) is 2.47. The van der Waals surface area contributed by atoms with Crippen molar-refractivity contribution in [2.24, 2.45) is 5.14 Å². The molecule has 0 aliphatic rings. The molecule has 0 aromatic heterocycles. The van der Waals surface area contributed by atoms with Gasteiger partial charge in [0.2, 0.25) is 10.0 Å². The minimum absolute atomic E-state index is 0.149. The van der Waals surface area contributed by atoms with E-state index in [1.165, 1.54) is 24.3 Å². The van der Waals surface area contributed by atoms with Crippen LogP contribution in [0.25, 0.3) is 0 Å². The van der Waals surface area contributed by atoms with Crippen molar-refractivity contribution < 1.29 is 21.8 Å². The fourth-order valence-electron chi connectivity index (χ4n) is 1.91. The van der Waals surface area contributed by atoms with E-state index in [2.05, 4.69) is 4.72 Å². The SMILES string of the molecule is NS(=O)(=O)Cc1ccc(NS(=O)(=O)c2ccc(Cl)c([N+](=O)[O-])c2)cc1. The van der Waals surface area contributed by atoms with Crippen LogP contribution in [0.4, 0.5) is 11.4 Å². The van der Waals surface area contributed by atoms with Crippen LogP contribution in [-0.2, 0) is 25.8 Å². The van der Waals surface area contributed by atoms with Gasteiger partial charge in [0.1, 0.15) is 5.02 Å². The molecule has 12 heteroatoms. The Morgan fingerprint density at radius 1 is 1.08 bits per heavy atom. The van der Waals surface area contributed by atoms with Crippen LogP contribution in [-0.4, -0.2) is 21.8 Å². The van der Waals surface area contributed by atoms with Gasteiger partial charge in [-0.3, -0.25) is 14.8 Å². The summed E-state index contributed by atoms with van der Waals surface area (Å²) in [6.45, 7) is 0. The third-order valence-corrected chi connectivity index (χ3v) is 5.43. The third-order valence-electron chi connectivity index (χ3n) is 3.00. The molecule has 0 bridgehead atoms. The lowest BCUT2D eigenvalue weighted by molar-refractivity contribution is -0.384. The number of benzene rings is 2. The van der Waals surface area contributed by atoms with Crippen molar-refractivity contribution in [3.63, 3.8) is 0 Å². The predicted molar refractivity (Wildman–Crippen MR) is 92.2 cm³/mol. The fraction of sp³-hybridized carbons (Fsp3) is 0.0769. The lowest BCUT2D eigenvalue weighted by Crippen LogP contribution is -2.15. The number of nitrogens with one attached hydrogen (secondary N) is 1. The van der Waals surface area contributed by atoms with Crippen molar-refractivity contribution in [3.05, 3.63) is 63.2 Å². The molecule has 0 atom stereocenters. The van der Waals surface area contributed by atoms with Crippen LogP contribution in [0.1, 0.15) is 5.56 Å². The number of anilines is 1. The number of primary sulfonamides is 1. The standard InChI is InChI=1S/C13H12ClN3O6S2/c14-12-6-5-11(7-13(12)17(18)19)25(22,23)16-10-3-1-9(2-4-10)8-24(15,20)21/h1-7,16H,8H2,(H2,15,20,21). The molecule has 134 valence electrons. The average molecular weight is 406 g/mol. The molecule has 2 aromatic carbocycles. The van der Waals surface area contributed by atoms with E-state index in [1.807, 2.05) is 0 Å².